The zero-order valence-electron chi connectivity index (χ0n) is 13.1. The maximum atomic E-state index is 12.5. The largest absolute Gasteiger partial charge is 0.353 e. The quantitative estimate of drug-likeness (QED) is 0.845. The van der Waals surface area contributed by atoms with Crippen LogP contribution in [-0.2, 0) is 11.2 Å². The Bertz CT molecular complexity index is 432. The third kappa shape index (κ3) is 4.57. The molecule has 0 spiro atoms. The normalized spacial score (nSPS) is 23.5. The number of hydrogen-bond acceptors (Lipinski definition) is 2. The highest BCUT2D eigenvalue weighted by Gasteiger charge is 2.27. The Hall–Kier alpha value is -1.35. The van der Waals surface area contributed by atoms with Gasteiger partial charge in [0.25, 0.3) is 0 Å². The van der Waals surface area contributed by atoms with Gasteiger partial charge < -0.3 is 11.1 Å². The van der Waals surface area contributed by atoms with Crippen LogP contribution in [0.5, 0.6) is 0 Å². The van der Waals surface area contributed by atoms with Crippen molar-refractivity contribution in [1.82, 2.24) is 5.32 Å². The van der Waals surface area contributed by atoms with E-state index in [0.29, 0.717) is 18.5 Å². The highest BCUT2D eigenvalue weighted by Crippen LogP contribution is 2.27. The maximum Gasteiger partial charge on any atom is 0.224 e. The minimum atomic E-state index is -0.119. The van der Waals surface area contributed by atoms with Gasteiger partial charge in [-0.1, -0.05) is 56.5 Å². The minimum absolute atomic E-state index is 0.119. The van der Waals surface area contributed by atoms with E-state index in [2.05, 4.69) is 24.4 Å². The molecule has 1 amide bonds. The molecular weight excluding hydrogens is 260 g/mol. The molecule has 3 nitrogen and oxygen atoms in total. The zero-order chi connectivity index (χ0) is 15.1. The summed E-state index contributed by atoms with van der Waals surface area (Å²) in [6.07, 6.45) is 6.77. The molecule has 21 heavy (non-hydrogen) atoms. The molecule has 1 fully saturated rings. The first-order valence-corrected chi connectivity index (χ1v) is 8.29. The van der Waals surface area contributed by atoms with Gasteiger partial charge in [0, 0.05) is 12.6 Å². The summed E-state index contributed by atoms with van der Waals surface area (Å²) in [6.45, 7) is 2.63. The smallest absolute Gasteiger partial charge is 0.224 e. The number of hydrogen-bond donors (Lipinski definition) is 2. The van der Waals surface area contributed by atoms with Crippen molar-refractivity contribution in [2.24, 2.45) is 17.6 Å². The van der Waals surface area contributed by atoms with Crippen LogP contribution in [0.4, 0.5) is 0 Å². The summed E-state index contributed by atoms with van der Waals surface area (Å²) in [6, 6.07) is 10.5. The first-order chi connectivity index (χ1) is 10.2. The number of amides is 1. The first-order valence-electron chi connectivity index (χ1n) is 8.29. The number of benzene rings is 1. The van der Waals surface area contributed by atoms with E-state index < -0.39 is 0 Å². The standard InChI is InChI=1S/C18H28N2O/c1-2-15-10-6-7-11-17(15)20-18(21)16(13-19)12-14-8-4-3-5-9-14/h3-5,8-9,15-17H,2,6-7,10-13,19H2,1H3,(H,20,21). The van der Waals surface area contributed by atoms with Crippen molar-refractivity contribution < 1.29 is 4.79 Å². The van der Waals surface area contributed by atoms with Gasteiger partial charge in [-0.2, -0.15) is 0 Å². The molecule has 3 unspecified atom stereocenters. The fourth-order valence-corrected chi connectivity index (χ4v) is 3.37. The fourth-order valence-electron chi connectivity index (χ4n) is 3.37. The first kappa shape index (κ1) is 16.0. The second-order valence-electron chi connectivity index (χ2n) is 6.19. The SMILES string of the molecule is CCC1CCCCC1NC(=O)C(CN)Cc1ccccc1. The molecule has 1 saturated carbocycles. The Morgan fingerprint density at radius 3 is 2.67 bits per heavy atom. The Kier molecular flexibility index (Phi) is 6.24. The summed E-state index contributed by atoms with van der Waals surface area (Å²) in [7, 11) is 0. The van der Waals surface area contributed by atoms with Crippen LogP contribution >= 0.6 is 0 Å². The second-order valence-corrected chi connectivity index (χ2v) is 6.19. The van der Waals surface area contributed by atoms with Crippen LogP contribution in [0.3, 0.4) is 0 Å². The molecule has 2 rings (SSSR count). The summed E-state index contributed by atoms with van der Waals surface area (Å²) >= 11 is 0. The molecule has 0 aromatic heterocycles. The van der Waals surface area contributed by atoms with E-state index in [1.807, 2.05) is 18.2 Å². The van der Waals surface area contributed by atoms with Gasteiger partial charge in [-0.3, -0.25) is 4.79 Å². The lowest BCUT2D eigenvalue weighted by atomic mass is 9.82. The predicted octanol–water partition coefficient (Wildman–Crippen LogP) is 2.89. The number of carbonyl (C=O) groups is 1. The van der Waals surface area contributed by atoms with Crippen molar-refractivity contribution in [2.45, 2.75) is 51.5 Å². The lowest BCUT2D eigenvalue weighted by Gasteiger charge is -2.32. The molecule has 0 heterocycles. The van der Waals surface area contributed by atoms with Crippen molar-refractivity contribution in [1.29, 1.82) is 0 Å². The van der Waals surface area contributed by atoms with Gasteiger partial charge >= 0.3 is 0 Å². The molecule has 1 aromatic carbocycles. The predicted molar refractivity (Wildman–Crippen MR) is 86.9 cm³/mol. The van der Waals surface area contributed by atoms with Crippen LogP contribution in [0.2, 0.25) is 0 Å². The van der Waals surface area contributed by atoms with Crippen LogP contribution in [0.1, 0.15) is 44.6 Å². The Balaban J connectivity index is 1.93. The van der Waals surface area contributed by atoms with Crippen LogP contribution in [-0.4, -0.2) is 18.5 Å². The molecule has 1 aliphatic carbocycles. The van der Waals surface area contributed by atoms with Crippen molar-refractivity contribution >= 4 is 5.91 Å². The fraction of sp³-hybridized carbons (Fsp3) is 0.611. The van der Waals surface area contributed by atoms with Crippen molar-refractivity contribution in [3.05, 3.63) is 35.9 Å². The summed E-state index contributed by atoms with van der Waals surface area (Å²) < 4.78 is 0. The summed E-state index contributed by atoms with van der Waals surface area (Å²) in [5.74, 6) is 0.649. The molecule has 0 radical (unpaired) electrons. The van der Waals surface area contributed by atoms with E-state index in [9.17, 15) is 4.79 Å². The minimum Gasteiger partial charge on any atom is -0.353 e. The molecule has 1 aromatic rings. The van der Waals surface area contributed by atoms with Crippen LogP contribution in [0.15, 0.2) is 30.3 Å². The van der Waals surface area contributed by atoms with Crippen molar-refractivity contribution in [2.75, 3.05) is 6.54 Å². The molecule has 0 saturated heterocycles. The Morgan fingerprint density at radius 2 is 2.00 bits per heavy atom. The highest BCUT2D eigenvalue weighted by atomic mass is 16.1. The average Bonchev–Trinajstić information content (AvgIpc) is 2.54. The lowest BCUT2D eigenvalue weighted by molar-refractivity contribution is -0.126. The van der Waals surface area contributed by atoms with Gasteiger partial charge in [-0.15, -0.1) is 0 Å². The summed E-state index contributed by atoms with van der Waals surface area (Å²) in [4.78, 5) is 12.5. The molecule has 3 heteroatoms. The monoisotopic (exact) mass is 288 g/mol. The number of nitrogens with one attached hydrogen (secondary N) is 1. The number of carbonyl (C=O) groups excluding carboxylic acids is 1. The second kappa shape index (κ2) is 8.18. The van der Waals surface area contributed by atoms with Crippen molar-refractivity contribution in [3.63, 3.8) is 0 Å². The summed E-state index contributed by atoms with van der Waals surface area (Å²) in [5.41, 5.74) is 7.01. The average molecular weight is 288 g/mol. The molecule has 0 bridgehead atoms. The Labute approximate surface area is 128 Å². The molecule has 0 aliphatic heterocycles. The van der Waals surface area contributed by atoms with Crippen LogP contribution in [0, 0.1) is 11.8 Å². The van der Waals surface area contributed by atoms with Crippen LogP contribution < -0.4 is 11.1 Å². The molecule has 116 valence electrons. The van der Waals surface area contributed by atoms with E-state index in [1.54, 1.807) is 0 Å². The van der Waals surface area contributed by atoms with Crippen LogP contribution in [0.25, 0.3) is 0 Å². The van der Waals surface area contributed by atoms with Crippen molar-refractivity contribution in [3.8, 4) is 0 Å². The van der Waals surface area contributed by atoms with E-state index in [4.69, 9.17) is 5.73 Å². The van der Waals surface area contributed by atoms with E-state index >= 15 is 0 Å². The van der Waals surface area contributed by atoms with Gasteiger partial charge in [-0.05, 0) is 30.7 Å². The molecular formula is C18H28N2O. The van der Waals surface area contributed by atoms with Gasteiger partial charge in [0.05, 0.1) is 5.92 Å². The number of nitrogens with two attached hydrogens (primary N) is 1. The van der Waals surface area contributed by atoms with E-state index in [0.717, 1.165) is 19.3 Å². The maximum absolute atomic E-state index is 12.5. The van der Waals surface area contributed by atoms with Gasteiger partial charge in [0.15, 0.2) is 0 Å². The highest BCUT2D eigenvalue weighted by molar-refractivity contribution is 5.79. The third-order valence-electron chi connectivity index (χ3n) is 4.74. The topological polar surface area (TPSA) is 55.1 Å². The molecule has 1 aliphatic rings. The lowest BCUT2D eigenvalue weighted by Crippen LogP contribution is -2.46. The third-order valence-corrected chi connectivity index (χ3v) is 4.74. The van der Waals surface area contributed by atoms with Gasteiger partial charge in [-0.25, -0.2) is 0 Å². The Morgan fingerprint density at radius 1 is 1.29 bits per heavy atom. The molecule has 3 atom stereocenters. The summed E-state index contributed by atoms with van der Waals surface area (Å²) in [5, 5.41) is 3.27. The molecule has 3 N–H and O–H groups in total. The van der Waals surface area contributed by atoms with E-state index in [1.165, 1.54) is 24.8 Å². The van der Waals surface area contributed by atoms with Gasteiger partial charge in [0.1, 0.15) is 0 Å². The van der Waals surface area contributed by atoms with E-state index in [-0.39, 0.29) is 11.8 Å². The zero-order valence-corrected chi connectivity index (χ0v) is 13.1. The van der Waals surface area contributed by atoms with Gasteiger partial charge in [0.2, 0.25) is 5.91 Å². The number of rotatable bonds is 6.